The summed E-state index contributed by atoms with van der Waals surface area (Å²) < 4.78 is 0. The van der Waals surface area contributed by atoms with Crippen LogP contribution in [0.1, 0.15) is 24.5 Å². The Morgan fingerprint density at radius 3 is 2.30 bits per heavy atom. The number of carbonyl (C=O) groups is 3. The van der Waals surface area contributed by atoms with E-state index in [-0.39, 0.29) is 60.9 Å². The van der Waals surface area contributed by atoms with Gasteiger partial charge in [0, 0.05) is 43.6 Å². The largest absolute Gasteiger partial charge is 0.508 e. The van der Waals surface area contributed by atoms with Crippen LogP contribution in [-0.4, -0.2) is 128 Å². The second-order valence-corrected chi connectivity index (χ2v) is 12.2. The van der Waals surface area contributed by atoms with E-state index < -0.39 is 75.0 Å². The number of guanidine groups is 2. The number of Topliss-reactive ketones (excluding diaryl/α,β-unsaturated/α-hetero) is 2. The number of aromatic hydroxyl groups is 1. The summed E-state index contributed by atoms with van der Waals surface area (Å²) in [6.07, 6.45) is -0.226. The Kier molecular flexibility index (Phi) is 10.6. The van der Waals surface area contributed by atoms with Crippen LogP contribution in [0.25, 0.3) is 5.76 Å². The maximum Gasteiger partial charge on any atom is 0.259 e. The lowest BCUT2D eigenvalue weighted by Crippen LogP contribution is -2.67. The summed E-state index contributed by atoms with van der Waals surface area (Å²) in [5.74, 6) is -7.99. The summed E-state index contributed by atoms with van der Waals surface area (Å²) in [4.78, 5) is 50.1. The van der Waals surface area contributed by atoms with Crippen molar-refractivity contribution in [3.8, 4) is 5.75 Å². The Morgan fingerprint density at radius 1 is 1.11 bits per heavy atom. The summed E-state index contributed by atoms with van der Waals surface area (Å²) in [5.41, 5.74) is 4.82. The van der Waals surface area contributed by atoms with Crippen molar-refractivity contribution in [3.63, 3.8) is 0 Å². The molecular weight excluding hydrogens is 659 g/mol. The van der Waals surface area contributed by atoms with Crippen molar-refractivity contribution in [2.75, 3.05) is 46.9 Å². The number of ketones is 2. The molecule has 1 aromatic rings. The van der Waals surface area contributed by atoms with Crippen LogP contribution in [0.5, 0.6) is 5.75 Å². The van der Waals surface area contributed by atoms with Crippen LogP contribution in [0.3, 0.4) is 0 Å². The molecule has 0 bridgehead atoms. The van der Waals surface area contributed by atoms with Crippen molar-refractivity contribution < 1.29 is 39.9 Å². The van der Waals surface area contributed by atoms with Crippen LogP contribution in [0.4, 0.5) is 0 Å². The molecule has 5 rings (SSSR count). The molecule has 0 unspecified atom stereocenters. The molecule has 16 nitrogen and oxygen atoms in total. The van der Waals surface area contributed by atoms with E-state index in [9.17, 15) is 39.9 Å². The van der Waals surface area contributed by atoms with E-state index in [1.807, 2.05) is 4.90 Å². The van der Waals surface area contributed by atoms with Gasteiger partial charge >= 0.3 is 0 Å². The first-order valence-electron chi connectivity index (χ1n) is 14.4. The van der Waals surface area contributed by atoms with Crippen molar-refractivity contribution >= 4 is 60.0 Å². The third-order valence-electron chi connectivity index (χ3n) is 9.37. The van der Waals surface area contributed by atoms with Gasteiger partial charge in [-0.1, -0.05) is 12.1 Å². The molecule has 4 aliphatic rings. The van der Waals surface area contributed by atoms with E-state index in [1.54, 1.807) is 4.90 Å². The van der Waals surface area contributed by atoms with E-state index in [2.05, 4.69) is 10.3 Å². The third kappa shape index (κ3) is 5.89. The van der Waals surface area contributed by atoms with Crippen molar-refractivity contribution in [2.24, 2.45) is 28.3 Å². The fourth-order valence-electron chi connectivity index (χ4n) is 7.07. The van der Waals surface area contributed by atoms with Crippen LogP contribution in [0.15, 0.2) is 40.1 Å². The zero-order chi connectivity index (χ0) is 33.2. The zero-order valence-electron chi connectivity index (χ0n) is 25.9. The number of carbonyl (C=O) groups excluding carboxylic acids is 3. The Hall–Kier alpha value is -3.93. The number of aliphatic hydroxyl groups is 4. The van der Waals surface area contributed by atoms with Gasteiger partial charge in [0.05, 0.1) is 23.9 Å². The molecule has 1 aromatic carbocycles. The Bertz CT molecular complexity index is 1580. The molecular formula is C29H40Cl2N8O8. The molecule has 5 atom stereocenters. The van der Waals surface area contributed by atoms with Gasteiger partial charge in [-0.2, -0.15) is 4.99 Å². The number of amides is 1. The van der Waals surface area contributed by atoms with E-state index in [0.717, 1.165) is 0 Å². The van der Waals surface area contributed by atoms with Gasteiger partial charge in [0.1, 0.15) is 22.8 Å². The minimum Gasteiger partial charge on any atom is -0.508 e. The van der Waals surface area contributed by atoms with Crippen molar-refractivity contribution in [1.82, 2.24) is 20.0 Å². The highest BCUT2D eigenvalue weighted by atomic mass is 35.5. The zero-order valence-corrected chi connectivity index (χ0v) is 27.6. The number of likely N-dealkylation sites (N-methyl/N-ethyl adjacent to an activating group) is 1. The van der Waals surface area contributed by atoms with Crippen molar-refractivity contribution in [1.29, 1.82) is 5.41 Å². The summed E-state index contributed by atoms with van der Waals surface area (Å²) in [6.45, 7) is 2.90. The third-order valence-corrected chi connectivity index (χ3v) is 9.37. The first-order chi connectivity index (χ1) is 21.0. The number of aliphatic hydroxyl groups excluding tert-OH is 2. The maximum atomic E-state index is 14.2. The first kappa shape index (κ1) is 37.5. The predicted octanol–water partition coefficient (Wildman–Crippen LogP) is -1.11. The molecule has 1 amide bonds. The van der Waals surface area contributed by atoms with Crippen LogP contribution >= 0.6 is 24.8 Å². The Labute approximate surface area is 282 Å². The number of fused-ring (bicyclic) bond motifs is 3. The summed E-state index contributed by atoms with van der Waals surface area (Å²) in [6, 6.07) is 2.99. The Morgan fingerprint density at radius 2 is 1.72 bits per heavy atom. The molecule has 1 saturated carbocycles. The lowest BCUT2D eigenvalue weighted by molar-refractivity contribution is -0.159. The number of hydrogen-bond donors (Lipinski definition) is 9. The molecule has 1 saturated heterocycles. The number of halogens is 2. The monoisotopic (exact) mass is 698 g/mol. The average Bonchev–Trinajstić information content (AvgIpc) is 2.96. The molecule has 11 N–H and O–H groups in total. The smallest absolute Gasteiger partial charge is 0.259 e. The molecule has 1 aliphatic heterocycles. The number of aliphatic imine (C=N–C) groups is 1. The predicted molar refractivity (Wildman–Crippen MR) is 175 cm³/mol. The van der Waals surface area contributed by atoms with E-state index in [0.29, 0.717) is 26.2 Å². The van der Waals surface area contributed by atoms with Gasteiger partial charge in [-0.05, 0) is 39.1 Å². The van der Waals surface area contributed by atoms with Crippen LogP contribution in [0, 0.1) is 17.2 Å². The van der Waals surface area contributed by atoms with Crippen molar-refractivity contribution in [2.45, 2.75) is 30.6 Å². The molecule has 47 heavy (non-hydrogen) atoms. The fourth-order valence-corrected chi connectivity index (χ4v) is 7.07. The summed E-state index contributed by atoms with van der Waals surface area (Å²) in [7, 11) is 3.06. The number of nitrogens with two attached hydrogens (primary N) is 2. The lowest BCUT2D eigenvalue weighted by atomic mass is 9.54. The number of nitrogens with zero attached hydrogens (tertiary/aromatic N) is 4. The maximum absolute atomic E-state index is 14.2. The number of phenolic OH excluding ortho intramolecular Hbond substituents is 1. The van der Waals surface area contributed by atoms with E-state index in [4.69, 9.17) is 16.9 Å². The van der Waals surface area contributed by atoms with Gasteiger partial charge in [0.15, 0.2) is 17.3 Å². The van der Waals surface area contributed by atoms with Gasteiger partial charge in [0.2, 0.25) is 11.7 Å². The van der Waals surface area contributed by atoms with Crippen LogP contribution < -0.4 is 16.8 Å². The molecule has 0 aromatic heterocycles. The molecule has 3 aliphatic carbocycles. The van der Waals surface area contributed by atoms with E-state index in [1.165, 1.54) is 44.1 Å². The standard InChI is InChI=1S/C29H38N8O8.2ClH/c1-28(44)13-5-4-6-16(38)17(13)21(39)18-14(28)11-15-20(35(2)3)22(40)19(24(42)29(15,45)23(18)41)25(43)33-12-36-7-9-37(10-8-36)27(32)34-26(30)31;;/h4-6,14-15,20,38-39,42,44-45H,7-12H2,1-3H3,(H,33,43)(H5,30,31,32,34);2*1H/t14-,15-,20-,28+,29-;;/m0../s1. The topological polar surface area (TPSA) is 262 Å². The van der Waals surface area contributed by atoms with Crippen molar-refractivity contribution in [3.05, 3.63) is 46.2 Å². The van der Waals surface area contributed by atoms with Crippen LogP contribution in [0.2, 0.25) is 0 Å². The molecule has 258 valence electrons. The minimum absolute atomic E-state index is 0. The first-order valence-corrected chi connectivity index (χ1v) is 14.4. The normalized spacial score (nSPS) is 28.8. The fraction of sp³-hybridized carbons (Fsp3) is 0.483. The van der Waals surface area contributed by atoms with Gasteiger partial charge in [-0.15, -0.1) is 24.8 Å². The van der Waals surface area contributed by atoms with Gasteiger partial charge in [-0.3, -0.25) is 29.6 Å². The molecule has 1 heterocycles. The van der Waals surface area contributed by atoms with Crippen LogP contribution in [-0.2, 0) is 20.0 Å². The second kappa shape index (κ2) is 13.3. The molecule has 0 radical (unpaired) electrons. The minimum atomic E-state index is -2.80. The molecule has 2 fully saturated rings. The number of piperazine rings is 1. The highest BCUT2D eigenvalue weighted by Gasteiger charge is 2.66. The number of phenols is 1. The highest BCUT2D eigenvalue weighted by Crippen LogP contribution is 2.57. The summed E-state index contributed by atoms with van der Waals surface area (Å²) >= 11 is 0. The SMILES string of the molecule is CN(C)[C@@H]1C(=O)C(C(=O)NCN2CCN(C(=N)N=C(N)N)CC2)=C(O)[C@@]2(O)C(=O)C3=C(O)c4c(O)cccc4[C@@](C)(O)[C@H]3C[C@@H]12.Cl.Cl. The highest BCUT2D eigenvalue weighted by molar-refractivity contribution is 6.25. The van der Waals surface area contributed by atoms with Gasteiger partial charge in [0.25, 0.3) is 5.91 Å². The number of nitrogens with one attached hydrogen (secondary N) is 2. The second-order valence-electron chi connectivity index (χ2n) is 12.2. The lowest BCUT2D eigenvalue weighted by Gasteiger charge is -2.53. The molecule has 18 heteroatoms. The molecule has 0 spiro atoms. The average molecular weight is 700 g/mol. The quantitative estimate of drug-likeness (QED) is 0.103. The van der Waals surface area contributed by atoms with E-state index >= 15 is 0 Å². The van der Waals surface area contributed by atoms with Gasteiger partial charge < -0.3 is 47.2 Å². The Balaban J connectivity index is 0.00000300. The number of hydrogen-bond acceptors (Lipinski definition) is 11. The van der Waals surface area contributed by atoms with Gasteiger partial charge in [-0.25, -0.2) is 0 Å². The number of benzene rings is 1. The summed E-state index contributed by atoms with van der Waals surface area (Å²) in [5, 5.41) is 67.4. The number of rotatable bonds is 4.